The van der Waals surface area contributed by atoms with Crippen molar-refractivity contribution in [2.24, 2.45) is 0 Å². The van der Waals surface area contributed by atoms with Crippen LogP contribution in [0.5, 0.6) is 0 Å². The average molecular weight is 404 g/mol. The van der Waals surface area contributed by atoms with E-state index in [0.29, 0.717) is 12.1 Å². The molecular formula is C23H34FN3O2. The minimum atomic E-state index is -0.175. The van der Waals surface area contributed by atoms with Gasteiger partial charge in [-0.1, -0.05) is 19.1 Å². The van der Waals surface area contributed by atoms with Crippen molar-refractivity contribution in [2.75, 3.05) is 26.2 Å². The monoisotopic (exact) mass is 403 g/mol. The summed E-state index contributed by atoms with van der Waals surface area (Å²) in [5, 5.41) is 2.99. The number of halogens is 1. The number of hydrogen-bond acceptors (Lipinski definition) is 3. The molecule has 1 unspecified atom stereocenters. The summed E-state index contributed by atoms with van der Waals surface area (Å²) >= 11 is 0. The van der Waals surface area contributed by atoms with Gasteiger partial charge in [-0.2, -0.15) is 0 Å². The first kappa shape index (κ1) is 20.6. The predicted molar refractivity (Wildman–Crippen MR) is 111 cm³/mol. The molecule has 0 bridgehead atoms. The van der Waals surface area contributed by atoms with E-state index in [0.717, 1.165) is 64.9 Å². The Labute approximate surface area is 173 Å². The maximum Gasteiger partial charge on any atom is 0.317 e. The fourth-order valence-electron chi connectivity index (χ4n) is 4.86. The lowest BCUT2D eigenvalue weighted by atomic mass is 9.81. The molecule has 0 aromatic heterocycles. The molecule has 3 fully saturated rings. The molecule has 1 aromatic carbocycles. The van der Waals surface area contributed by atoms with Crippen LogP contribution >= 0.6 is 0 Å². The third-order valence-corrected chi connectivity index (χ3v) is 6.72. The van der Waals surface area contributed by atoms with Crippen LogP contribution in [-0.4, -0.2) is 59.8 Å². The zero-order valence-electron chi connectivity index (χ0n) is 17.5. The van der Waals surface area contributed by atoms with Crippen molar-refractivity contribution in [3.63, 3.8) is 0 Å². The Morgan fingerprint density at radius 2 is 1.93 bits per heavy atom. The molecule has 160 valence electrons. The number of carbonyl (C=O) groups is 1. The fourth-order valence-corrected chi connectivity index (χ4v) is 4.86. The van der Waals surface area contributed by atoms with Crippen LogP contribution in [0.25, 0.3) is 0 Å². The molecule has 2 amide bonds. The standard InChI is InChI=1S/C23H34FN3O2/c1-2-12-25-22(28)26-13-10-23(11-14-26)16-21(9-15-29-23)27(20-7-8-20)17-18-3-5-19(24)6-4-18/h3-6,20-21H,2,7-17H2,1H3,(H,25,28). The van der Waals surface area contributed by atoms with Gasteiger partial charge in [0.2, 0.25) is 0 Å². The molecular weight excluding hydrogens is 369 g/mol. The van der Waals surface area contributed by atoms with Gasteiger partial charge in [0, 0.05) is 44.9 Å². The predicted octanol–water partition coefficient (Wildman–Crippen LogP) is 3.92. The van der Waals surface area contributed by atoms with Crippen molar-refractivity contribution in [3.05, 3.63) is 35.6 Å². The van der Waals surface area contributed by atoms with Gasteiger partial charge in [-0.15, -0.1) is 0 Å². The Balaban J connectivity index is 1.37. The minimum absolute atomic E-state index is 0.0602. The lowest BCUT2D eigenvalue weighted by Crippen LogP contribution is -2.55. The summed E-state index contributed by atoms with van der Waals surface area (Å²) in [6, 6.07) is 8.16. The highest BCUT2D eigenvalue weighted by atomic mass is 19.1. The smallest absolute Gasteiger partial charge is 0.317 e. The van der Waals surface area contributed by atoms with Gasteiger partial charge in [0.1, 0.15) is 5.82 Å². The molecule has 2 saturated heterocycles. The van der Waals surface area contributed by atoms with Crippen LogP contribution in [0.4, 0.5) is 9.18 Å². The van der Waals surface area contributed by atoms with Gasteiger partial charge in [-0.3, -0.25) is 4.90 Å². The van der Waals surface area contributed by atoms with E-state index in [2.05, 4.69) is 17.1 Å². The summed E-state index contributed by atoms with van der Waals surface area (Å²) in [5.41, 5.74) is 1.08. The number of rotatable bonds is 6. The van der Waals surface area contributed by atoms with Crippen LogP contribution in [0, 0.1) is 5.82 Å². The molecule has 2 heterocycles. The lowest BCUT2D eigenvalue weighted by molar-refractivity contribution is -0.131. The maximum atomic E-state index is 13.3. The number of likely N-dealkylation sites (tertiary alicyclic amines) is 1. The van der Waals surface area contributed by atoms with E-state index in [1.54, 1.807) is 12.1 Å². The zero-order valence-corrected chi connectivity index (χ0v) is 17.5. The molecule has 1 aromatic rings. The molecule has 5 nitrogen and oxygen atoms in total. The van der Waals surface area contributed by atoms with Gasteiger partial charge in [0.15, 0.2) is 0 Å². The fraction of sp³-hybridized carbons (Fsp3) is 0.696. The first-order valence-corrected chi connectivity index (χ1v) is 11.3. The number of ether oxygens (including phenoxy) is 1. The Morgan fingerprint density at radius 3 is 2.59 bits per heavy atom. The van der Waals surface area contributed by atoms with E-state index in [4.69, 9.17) is 4.74 Å². The molecule has 0 radical (unpaired) electrons. The Bertz CT molecular complexity index is 684. The van der Waals surface area contributed by atoms with Crippen molar-refractivity contribution in [1.82, 2.24) is 15.1 Å². The molecule has 2 aliphatic heterocycles. The SMILES string of the molecule is CCCNC(=O)N1CCC2(CC1)CC(N(Cc1ccc(F)cc1)C1CC1)CCO2. The normalized spacial score (nSPS) is 24.1. The summed E-state index contributed by atoms with van der Waals surface area (Å²) in [6.07, 6.45) is 7.40. The largest absolute Gasteiger partial charge is 0.375 e. The summed E-state index contributed by atoms with van der Waals surface area (Å²) in [7, 11) is 0. The number of nitrogens with zero attached hydrogens (tertiary/aromatic N) is 2. The number of amides is 2. The van der Waals surface area contributed by atoms with Crippen LogP contribution in [0.3, 0.4) is 0 Å². The summed E-state index contributed by atoms with van der Waals surface area (Å²) < 4.78 is 19.6. The highest BCUT2D eigenvalue weighted by Gasteiger charge is 2.44. The van der Waals surface area contributed by atoms with Crippen molar-refractivity contribution in [3.8, 4) is 0 Å². The number of hydrogen-bond donors (Lipinski definition) is 1. The van der Waals surface area contributed by atoms with Gasteiger partial charge in [0.25, 0.3) is 0 Å². The van der Waals surface area contributed by atoms with Crippen LogP contribution < -0.4 is 5.32 Å². The van der Waals surface area contributed by atoms with Gasteiger partial charge in [-0.25, -0.2) is 9.18 Å². The quantitative estimate of drug-likeness (QED) is 0.783. The summed E-state index contributed by atoms with van der Waals surface area (Å²) in [4.78, 5) is 16.8. The third kappa shape index (κ3) is 5.10. The summed E-state index contributed by atoms with van der Waals surface area (Å²) in [6.45, 7) is 6.02. The van der Waals surface area contributed by atoms with Crippen LogP contribution in [0.1, 0.15) is 57.4 Å². The molecule has 1 atom stereocenters. The topological polar surface area (TPSA) is 44.8 Å². The van der Waals surface area contributed by atoms with Crippen molar-refractivity contribution in [2.45, 2.75) is 76.1 Å². The molecule has 4 rings (SSSR count). The van der Waals surface area contributed by atoms with E-state index in [1.807, 2.05) is 17.0 Å². The minimum Gasteiger partial charge on any atom is -0.375 e. The Morgan fingerprint density at radius 1 is 1.21 bits per heavy atom. The first-order valence-electron chi connectivity index (χ1n) is 11.3. The van der Waals surface area contributed by atoms with E-state index >= 15 is 0 Å². The Kier molecular flexibility index (Phi) is 6.40. The van der Waals surface area contributed by atoms with Crippen LogP contribution in [-0.2, 0) is 11.3 Å². The molecule has 6 heteroatoms. The Hall–Kier alpha value is -1.66. The highest BCUT2D eigenvalue weighted by molar-refractivity contribution is 5.74. The first-order chi connectivity index (χ1) is 14.1. The molecule has 3 aliphatic rings. The number of urea groups is 1. The summed E-state index contributed by atoms with van der Waals surface area (Å²) in [5.74, 6) is -0.175. The molecule has 1 spiro atoms. The van der Waals surface area contributed by atoms with Crippen LogP contribution in [0.2, 0.25) is 0 Å². The van der Waals surface area contributed by atoms with E-state index in [1.165, 1.54) is 18.4 Å². The van der Waals surface area contributed by atoms with Crippen molar-refractivity contribution in [1.29, 1.82) is 0 Å². The second-order valence-corrected chi connectivity index (χ2v) is 8.93. The molecule has 1 saturated carbocycles. The number of piperidine rings is 1. The number of nitrogens with one attached hydrogen (secondary N) is 1. The van der Waals surface area contributed by atoms with Crippen LogP contribution in [0.15, 0.2) is 24.3 Å². The second kappa shape index (κ2) is 9.00. The van der Waals surface area contributed by atoms with E-state index in [-0.39, 0.29) is 17.4 Å². The zero-order chi connectivity index (χ0) is 20.3. The third-order valence-electron chi connectivity index (χ3n) is 6.72. The van der Waals surface area contributed by atoms with Gasteiger partial charge >= 0.3 is 6.03 Å². The number of benzene rings is 1. The lowest BCUT2D eigenvalue weighted by Gasteiger charge is -2.48. The van der Waals surface area contributed by atoms with Gasteiger partial charge in [-0.05, 0) is 62.6 Å². The maximum absolute atomic E-state index is 13.3. The molecule has 1 aliphatic carbocycles. The van der Waals surface area contributed by atoms with Gasteiger partial charge < -0.3 is 15.0 Å². The van der Waals surface area contributed by atoms with E-state index in [9.17, 15) is 9.18 Å². The molecule has 1 N–H and O–H groups in total. The average Bonchev–Trinajstić information content (AvgIpc) is 3.57. The second-order valence-electron chi connectivity index (χ2n) is 8.93. The van der Waals surface area contributed by atoms with Gasteiger partial charge in [0.05, 0.1) is 5.60 Å². The van der Waals surface area contributed by atoms with Crippen molar-refractivity contribution >= 4 is 6.03 Å². The highest BCUT2D eigenvalue weighted by Crippen LogP contribution is 2.40. The molecule has 29 heavy (non-hydrogen) atoms. The van der Waals surface area contributed by atoms with Crippen molar-refractivity contribution < 1.29 is 13.9 Å². The number of carbonyl (C=O) groups excluding carboxylic acids is 1. The van der Waals surface area contributed by atoms with E-state index < -0.39 is 0 Å².